The Labute approximate surface area is 103 Å². The predicted octanol–water partition coefficient (Wildman–Crippen LogP) is 2.14. The fourth-order valence-electron chi connectivity index (χ4n) is 1.20. The van der Waals surface area contributed by atoms with Crippen LogP contribution in [0.3, 0.4) is 0 Å². The Morgan fingerprint density at radius 2 is 2.31 bits per heavy atom. The van der Waals surface area contributed by atoms with Gasteiger partial charge in [-0.05, 0) is 41.0 Å². The molecule has 1 rings (SSSR count). The number of nitrogens with two attached hydrogens (primary N) is 1. The van der Waals surface area contributed by atoms with Gasteiger partial charge >= 0.3 is 0 Å². The standard InChI is InChI=1S/C11H15BrN2O2/c1-16-8-4-5-9(12)10(7-8)14-11(15)3-2-6-13/h4-5,7H,2-3,6,13H2,1H3,(H,14,15). The molecular formula is C11H15BrN2O2. The second-order valence-corrected chi connectivity index (χ2v) is 4.14. The zero-order valence-corrected chi connectivity index (χ0v) is 10.7. The molecule has 4 nitrogen and oxygen atoms in total. The van der Waals surface area contributed by atoms with Gasteiger partial charge < -0.3 is 15.8 Å². The molecule has 0 aliphatic carbocycles. The maximum Gasteiger partial charge on any atom is 0.224 e. The number of amides is 1. The van der Waals surface area contributed by atoms with Crippen LogP contribution >= 0.6 is 15.9 Å². The first-order chi connectivity index (χ1) is 7.67. The summed E-state index contributed by atoms with van der Waals surface area (Å²) in [7, 11) is 1.59. The maximum atomic E-state index is 11.5. The first kappa shape index (κ1) is 13.0. The molecule has 1 aromatic carbocycles. The van der Waals surface area contributed by atoms with E-state index in [1.807, 2.05) is 12.1 Å². The number of ether oxygens (including phenoxy) is 1. The highest BCUT2D eigenvalue weighted by molar-refractivity contribution is 9.10. The molecule has 0 spiro atoms. The number of anilines is 1. The van der Waals surface area contributed by atoms with Crippen molar-refractivity contribution in [2.75, 3.05) is 19.0 Å². The van der Waals surface area contributed by atoms with Crippen LogP contribution < -0.4 is 15.8 Å². The van der Waals surface area contributed by atoms with E-state index in [4.69, 9.17) is 10.5 Å². The minimum absolute atomic E-state index is 0.0422. The maximum absolute atomic E-state index is 11.5. The minimum Gasteiger partial charge on any atom is -0.497 e. The molecule has 0 aliphatic rings. The van der Waals surface area contributed by atoms with Gasteiger partial charge in [0.1, 0.15) is 5.75 Å². The molecule has 0 heterocycles. The van der Waals surface area contributed by atoms with Gasteiger partial charge in [0, 0.05) is 17.0 Å². The van der Waals surface area contributed by atoms with Crippen LogP contribution in [0, 0.1) is 0 Å². The molecule has 1 amide bonds. The van der Waals surface area contributed by atoms with Crippen molar-refractivity contribution in [2.45, 2.75) is 12.8 Å². The van der Waals surface area contributed by atoms with Crippen LogP contribution in [0.2, 0.25) is 0 Å². The Kier molecular flexibility index (Phi) is 5.28. The van der Waals surface area contributed by atoms with Crippen molar-refractivity contribution in [1.82, 2.24) is 0 Å². The monoisotopic (exact) mass is 286 g/mol. The first-order valence-corrected chi connectivity index (χ1v) is 5.80. The van der Waals surface area contributed by atoms with E-state index in [-0.39, 0.29) is 5.91 Å². The lowest BCUT2D eigenvalue weighted by Gasteiger charge is -2.08. The van der Waals surface area contributed by atoms with Crippen LogP contribution in [0.1, 0.15) is 12.8 Å². The quantitative estimate of drug-likeness (QED) is 0.872. The second kappa shape index (κ2) is 6.50. The molecular weight excluding hydrogens is 272 g/mol. The van der Waals surface area contributed by atoms with Gasteiger partial charge in [0.15, 0.2) is 0 Å². The number of hydrogen-bond acceptors (Lipinski definition) is 3. The van der Waals surface area contributed by atoms with Gasteiger partial charge in [-0.2, -0.15) is 0 Å². The summed E-state index contributed by atoms with van der Waals surface area (Å²) in [6.45, 7) is 0.521. The number of carbonyl (C=O) groups is 1. The SMILES string of the molecule is COc1ccc(Br)c(NC(=O)CCCN)c1. The van der Waals surface area contributed by atoms with Gasteiger partial charge in [-0.1, -0.05) is 0 Å². The normalized spacial score (nSPS) is 9.94. The lowest BCUT2D eigenvalue weighted by molar-refractivity contribution is -0.116. The van der Waals surface area contributed by atoms with E-state index in [0.29, 0.717) is 30.8 Å². The van der Waals surface area contributed by atoms with Gasteiger partial charge in [-0.3, -0.25) is 4.79 Å². The number of rotatable bonds is 5. The smallest absolute Gasteiger partial charge is 0.224 e. The molecule has 88 valence electrons. The molecule has 0 fully saturated rings. The number of nitrogens with one attached hydrogen (secondary N) is 1. The van der Waals surface area contributed by atoms with E-state index in [1.54, 1.807) is 13.2 Å². The second-order valence-electron chi connectivity index (χ2n) is 3.29. The van der Waals surface area contributed by atoms with Crippen molar-refractivity contribution >= 4 is 27.5 Å². The summed E-state index contributed by atoms with van der Waals surface area (Å²) >= 11 is 3.36. The number of hydrogen-bond donors (Lipinski definition) is 2. The predicted molar refractivity (Wildman–Crippen MR) is 67.6 cm³/mol. The van der Waals surface area contributed by atoms with Crippen LogP contribution in [0.5, 0.6) is 5.75 Å². The van der Waals surface area contributed by atoms with Crippen LogP contribution in [-0.2, 0) is 4.79 Å². The van der Waals surface area contributed by atoms with Crippen LogP contribution in [0.15, 0.2) is 22.7 Å². The van der Waals surface area contributed by atoms with Gasteiger partial charge in [0.2, 0.25) is 5.91 Å². The molecule has 0 unspecified atom stereocenters. The van der Waals surface area contributed by atoms with Crippen molar-refractivity contribution in [2.24, 2.45) is 5.73 Å². The summed E-state index contributed by atoms with van der Waals surface area (Å²) in [5.41, 5.74) is 6.05. The van der Waals surface area contributed by atoms with E-state index in [0.717, 1.165) is 4.47 Å². The highest BCUT2D eigenvalue weighted by Crippen LogP contribution is 2.27. The third-order valence-corrected chi connectivity index (χ3v) is 2.75. The third kappa shape index (κ3) is 3.83. The van der Waals surface area contributed by atoms with Crippen molar-refractivity contribution in [3.05, 3.63) is 22.7 Å². The van der Waals surface area contributed by atoms with E-state index >= 15 is 0 Å². The molecule has 0 bridgehead atoms. The van der Waals surface area contributed by atoms with E-state index < -0.39 is 0 Å². The van der Waals surface area contributed by atoms with Crippen molar-refractivity contribution in [3.63, 3.8) is 0 Å². The van der Waals surface area contributed by atoms with Gasteiger partial charge in [-0.25, -0.2) is 0 Å². The zero-order chi connectivity index (χ0) is 12.0. The molecule has 0 aromatic heterocycles. The first-order valence-electron chi connectivity index (χ1n) is 5.01. The molecule has 1 aromatic rings. The number of methoxy groups -OCH3 is 1. The lowest BCUT2D eigenvalue weighted by Crippen LogP contribution is -2.13. The largest absolute Gasteiger partial charge is 0.497 e. The summed E-state index contributed by atoms with van der Waals surface area (Å²) in [5, 5.41) is 2.80. The average Bonchev–Trinajstić information content (AvgIpc) is 2.29. The van der Waals surface area contributed by atoms with E-state index in [2.05, 4.69) is 21.2 Å². The van der Waals surface area contributed by atoms with Crippen molar-refractivity contribution in [1.29, 1.82) is 0 Å². The Morgan fingerprint density at radius 1 is 1.56 bits per heavy atom. The summed E-state index contributed by atoms with van der Waals surface area (Å²) in [6, 6.07) is 5.42. The number of carbonyl (C=O) groups excluding carboxylic acids is 1. The molecule has 0 saturated heterocycles. The third-order valence-electron chi connectivity index (χ3n) is 2.06. The Bertz CT molecular complexity index is 369. The minimum atomic E-state index is -0.0422. The summed E-state index contributed by atoms with van der Waals surface area (Å²) in [5.74, 6) is 0.664. The molecule has 0 aliphatic heterocycles. The Morgan fingerprint density at radius 3 is 2.94 bits per heavy atom. The molecule has 16 heavy (non-hydrogen) atoms. The Hall–Kier alpha value is -1.07. The molecule has 0 radical (unpaired) electrons. The fraction of sp³-hybridized carbons (Fsp3) is 0.364. The zero-order valence-electron chi connectivity index (χ0n) is 9.13. The Balaban J connectivity index is 2.68. The van der Waals surface area contributed by atoms with Gasteiger partial charge in [0.05, 0.1) is 12.8 Å². The summed E-state index contributed by atoms with van der Waals surface area (Å²) in [6.07, 6.45) is 1.12. The van der Waals surface area contributed by atoms with Crippen LogP contribution in [0.4, 0.5) is 5.69 Å². The molecule has 3 N–H and O–H groups in total. The topological polar surface area (TPSA) is 64.3 Å². The number of benzene rings is 1. The highest BCUT2D eigenvalue weighted by atomic mass is 79.9. The average molecular weight is 287 g/mol. The lowest BCUT2D eigenvalue weighted by atomic mass is 10.2. The van der Waals surface area contributed by atoms with Gasteiger partial charge in [0.25, 0.3) is 0 Å². The highest BCUT2D eigenvalue weighted by Gasteiger charge is 2.06. The fourth-order valence-corrected chi connectivity index (χ4v) is 1.55. The molecule has 0 atom stereocenters. The van der Waals surface area contributed by atoms with Gasteiger partial charge in [-0.15, -0.1) is 0 Å². The van der Waals surface area contributed by atoms with Crippen LogP contribution in [-0.4, -0.2) is 19.6 Å². The molecule has 0 saturated carbocycles. The van der Waals surface area contributed by atoms with E-state index in [1.165, 1.54) is 0 Å². The van der Waals surface area contributed by atoms with Crippen molar-refractivity contribution in [3.8, 4) is 5.75 Å². The summed E-state index contributed by atoms with van der Waals surface area (Å²) in [4.78, 5) is 11.5. The van der Waals surface area contributed by atoms with Crippen LogP contribution in [0.25, 0.3) is 0 Å². The number of halogens is 1. The molecule has 5 heteroatoms. The summed E-state index contributed by atoms with van der Waals surface area (Å²) < 4.78 is 5.91. The van der Waals surface area contributed by atoms with E-state index in [9.17, 15) is 4.79 Å². The van der Waals surface area contributed by atoms with Crippen molar-refractivity contribution < 1.29 is 9.53 Å².